The molecule has 0 saturated carbocycles. The van der Waals surface area contributed by atoms with Gasteiger partial charge in [-0.25, -0.2) is 4.98 Å². The first-order chi connectivity index (χ1) is 12.4. The molecule has 0 saturated heterocycles. The molecule has 6 nitrogen and oxygen atoms in total. The molecule has 0 aromatic carbocycles. The SMILES string of the molecule is CCNC(=NCCCN(C)CCOC)NCCc1nc(C(F)(F)F)cs1.I. The number of nitrogens with one attached hydrogen (secondary N) is 2. The number of rotatable bonds is 11. The van der Waals surface area contributed by atoms with E-state index in [9.17, 15) is 13.2 Å². The van der Waals surface area contributed by atoms with Gasteiger partial charge >= 0.3 is 6.18 Å². The number of hydrogen-bond donors (Lipinski definition) is 2. The number of ether oxygens (including phenoxy) is 1. The van der Waals surface area contributed by atoms with Gasteiger partial charge in [0.2, 0.25) is 0 Å². The normalized spacial score (nSPS) is 12.2. The van der Waals surface area contributed by atoms with Crippen molar-refractivity contribution in [1.29, 1.82) is 0 Å². The van der Waals surface area contributed by atoms with Crippen molar-refractivity contribution < 1.29 is 17.9 Å². The van der Waals surface area contributed by atoms with Gasteiger partial charge in [-0.15, -0.1) is 35.3 Å². The second kappa shape index (κ2) is 14.4. The minimum absolute atomic E-state index is 0. The lowest BCUT2D eigenvalue weighted by atomic mass is 10.4. The zero-order valence-corrected chi connectivity index (χ0v) is 19.1. The molecular formula is C16H29F3IN5OS. The highest BCUT2D eigenvalue weighted by Crippen LogP contribution is 2.29. The Kier molecular flexibility index (Phi) is 14.0. The Hall–Kier alpha value is -0.660. The van der Waals surface area contributed by atoms with Crippen LogP contribution in [-0.2, 0) is 17.3 Å². The van der Waals surface area contributed by atoms with Crippen LogP contribution in [0.25, 0.3) is 0 Å². The van der Waals surface area contributed by atoms with Crippen LogP contribution in [-0.4, -0.2) is 69.3 Å². The average Bonchev–Trinajstić information content (AvgIpc) is 3.06. The molecule has 1 rings (SSSR count). The van der Waals surface area contributed by atoms with Gasteiger partial charge in [-0.1, -0.05) is 0 Å². The molecule has 0 unspecified atom stereocenters. The maximum Gasteiger partial charge on any atom is 0.434 e. The molecule has 0 bridgehead atoms. The quantitative estimate of drug-likeness (QED) is 0.202. The first-order valence-electron chi connectivity index (χ1n) is 8.58. The van der Waals surface area contributed by atoms with Crippen molar-refractivity contribution in [3.63, 3.8) is 0 Å². The first kappa shape index (κ1) is 26.3. The molecule has 1 heterocycles. The summed E-state index contributed by atoms with van der Waals surface area (Å²) < 4.78 is 42.7. The molecule has 0 atom stereocenters. The predicted molar refractivity (Wildman–Crippen MR) is 114 cm³/mol. The number of guanidine groups is 1. The highest BCUT2D eigenvalue weighted by molar-refractivity contribution is 14.0. The zero-order valence-electron chi connectivity index (χ0n) is 15.9. The molecular weight excluding hydrogens is 494 g/mol. The average molecular weight is 523 g/mol. The van der Waals surface area contributed by atoms with E-state index in [0.29, 0.717) is 37.1 Å². The third-order valence-electron chi connectivity index (χ3n) is 3.46. The fourth-order valence-electron chi connectivity index (χ4n) is 2.08. The maximum atomic E-state index is 12.5. The van der Waals surface area contributed by atoms with Gasteiger partial charge < -0.3 is 20.3 Å². The van der Waals surface area contributed by atoms with Crippen LogP contribution >= 0.6 is 35.3 Å². The molecule has 0 fully saturated rings. The molecule has 27 heavy (non-hydrogen) atoms. The van der Waals surface area contributed by atoms with Crippen molar-refractivity contribution in [2.24, 2.45) is 4.99 Å². The summed E-state index contributed by atoms with van der Waals surface area (Å²) in [5.41, 5.74) is -0.823. The Morgan fingerprint density at radius 2 is 2.07 bits per heavy atom. The zero-order chi connectivity index (χ0) is 19.4. The Labute approximate surface area is 180 Å². The van der Waals surface area contributed by atoms with Crippen molar-refractivity contribution in [2.75, 3.05) is 53.5 Å². The van der Waals surface area contributed by atoms with Crippen LogP contribution in [0.5, 0.6) is 0 Å². The fourth-order valence-corrected chi connectivity index (χ4v) is 2.88. The number of likely N-dealkylation sites (N-methyl/N-ethyl adjacent to an activating group) is 1. The maximum absolute atomic E-state index is 12.5. The van der Waals surface area contributed by atoms with Crippen LogP contribution < -0.4 is 10.6 Å². The number of alkyl halides is 3. The third kappa shape index (κ3) is 11.7. The fraction of sp³-hybridized carbons (Fsp3) is 0.750. The standard InChI is InChI=1S/C16H28F3N5OS.HI/c1-4-20-15(21-7-5-9-24(2)10-11-25-3)22-8-6-14-23-13(12-26-14)16(17,18)19;/h12H,4-11H2,1-3H3,(H2,20,21,22);1H. The second-order valence-corrected chi connectivity index (χ2v) is 6.65. The highest BCUT2D eigenvalue weighted by Gasteiger charge is 2.33. The Balaban J connectivity index is 0.00000676. The van der Waals surface area contributed by atoms with E-state index in [-0.39, 0.29) is 24.0 Å². The van der Waals surface area contributed by atoms with E-state index in [0.717, 1.165) is 42.8 Å². The number of aliphatic imine (C=N–C) groups is 1. The van der Waals surface area contributed by atoms with E-state index in [1.807, 2.05) is 14.0 Å². The van der Waals surface area contributed by atoms with Crippen molar-refractivity contribution in [3.05, 3.63) is 16.1 Å². The molecule has 0 aliphatic heterocycles. The number of hydrogen-bond acceptors (Lipinski definition) is 5. The van der Waals surface area contributed by atoms with Crippen LogP contribution in [0.2, 0.25) is 0 Å². The van der Waals surface area contributed by atoms with Crippen molar-refractivity contribution in [2.45, 2.75) is 25.9 Å². The van der Waals surface area contributed by atoms with Crippen LogP contribution in [0.1, 0.15) is 24.0 Å². The summed E-state index contributed by atoms with van der Waals surface area (Å²) in [6.07, 6.45) is -3.04. The van der Waals surface area contributed by atoms with Crippen LogP contribution in [0.4, 0.5) is 13.2 Å². The summed E-state index contributed by atoms with van der Waals surface area (Å²) in [6, 6.07) is 0. The van der Waals surface area contributed by atoms with Crippen LogP contribution in [0, 0.1) is 0 Å². The van der Waals surface area contributed by atoms with Gasteiger partial charge in [0.05, 0.1) is 11.6 Å². The van der Waals surface area contributed by atoms with E-state index >= 15 is 0 Å². The Bertz CT molecular complexity index is 542. The van der Waals surface area contributed by atoms with Crippen molar-refractivity contribution in [3.8, 4) is 0 Å². The van der Waals surface area contributed by atoms with Gasteiger partial charge in [-0.05, 0) is 26.9 Å². The smallest absolute Gasteiger partial charge is 0.383 e. The first-order valence-corrected chi connectivity index (χ1v) is 9.46. The molecule has 11 heteroatoms. The highest BCUT2D eigenvalue weighted by atomic mass is 127. The van der Waals surface area contributed by atoms with Gasteiger partial charge in [-0.2, -0.15) is 13.2 Å². The molecule has 0 aliphatic carbocycles. The number of aromatic nitrogens is 1. The van der Waals surface area contributed by atoms with Gasteiger partial charge in [0.1, 0.15) is 0 Å². The van der Waals surface area contributed by atoms with E-state index in [2.05, 4.69) is 25.5 Å². The minimum Gasteiger partial charge on any atom is -0.383 e. The second-order valence-electron chi connectivity index (χ2n) is 5.71. The van der Waals surface area contributed by atoms with E-state index in [1.54, 1.807) is 7.11 Å². The molecule has 2 N–H and O–H groups in total. The summed E-state index contributed by atoms with van der Waals surface area (Å²) in [7, 11) is 3.72. The largest absolute Gasteiger partial charge is 0.434 e. The molecule has 0 radical (unpaired) electrons. The van der Waals surface area contributed by atoms with Crippen LogP contribution in [0.15, 0.2) is 10.4 Å². The number of halogens is 4. The topological polar surface area (TPSA) is 61.8 Å². The summed E-state index contributed by atoms with van der Waals surface area (Å²) in [4.78, 5) is 10.3. The van der Waals surface area contributed by atoms with Crippen molar-refractivity contribution >= 4 is 41.3 Å². The lowest BCUT2D eigenvalue weighted by Gasteiger charge is -2.15. The van der Waals surface area contributed by atoms with Gasteiger partial charge in [0.15, 0.2) is 11.7 Å². The predicted octanol–water partition coefficient (Wildman–Crippen LogP) is 2.85. The summed E-state index contributed by atoms with van der Waals surface area (Å²) in [5.74, 6) is 0.666. The summed E-state index contributed by atoms with van der Waals surface area (Å²) in [6.45, 7) is 6.34. The molecule has 0 spiro atoms. The van der Waals surface area contributed by atoms with E-state index < -0.39 is 11.9 Å². The number of thiazole rings is 1. The molecule has 1 aromatic rings. The monoisotopic (exact) mass is 523 g/mol. The van der Waals surface area contributed by atoms with E-state index in [1.165, 1.54) is 0 Å². The Morgan fingerprint density at radius 3 is 2.67 bits per heavy atom. The summed E-state index contributed by atoms with van der Waals surface area (Å²) >= 11 is 1.03. The molecule has 0 amide bonds. The molecule has 158 valence electrons. The number of nitrogens with zero attached hydrogens (tertiary/aromatic N) is 3. The Morgan fingerprint density at radius 1 is 1.33 bits per heavy atom. The van der Waals surface area contributed by atoms with Crippen LogP contribution in [0.3, 0.4) is 0 Å². The number of methoxy groups -OCH3 is 1. The lowest BCUT2D eigenvalue weighted by molar-refractivity contribution is -0.140. The van der Waals surface area contributed by atoms with Gasteiger partial charge in [0.25, 0.3) is 0 Å². The van der Waals surface area contributed by atoms with E-state index in [4.69, 9.17) is 4.74 Å². The van der Waals surface area contributed by atoms with Crippen molar-refractivity contribution in [1.82, 2.24) is 20.5 Å². The molecule has 1 aromatic heterocycles. The minimum atomic E-state index is -4.38. The molecule has 0 aliphatic rings. The lowest BCUT2D eigenvalue weighted by Crippen LogP contribution is -2.38. The van der Waals surface area contributed by atoms with Gasteiger partial charge in [0, 0.05) is 45.1 Å². The third-order valence-corrected chi connectivity index (χ3v) is 4.37. The summed E-state index contributed by atoms with van der Waals surface area (Å²) in [5, 5.41) is 7.77. The van der Waals surface area contributed by atoms with Gasteiger partial charge in [-0.3, -0.25) is 4.99 Å².